The summed E-state index contributed by atoms with van der Waals surface area (Å²) < 4.78 is 40.0. The first-order valence-electron chi connectivity index (χ1n) is 6.54. The number of fused-ring (bicyclic) bond motifs is 1. The van der Waals surface area contributed by atoms with Crippen molar-refractivity contribution in [3.8, 4) is 0 Å². The van der Waals surface area contributed by atoms with E-state index >= 15 is 0 Å². The Balaban J connectivity index is 2.09. The molecule has 0 aliphatic carbocycles. The van der Waals surface area contributed by atoms with E-state index in [9.17, 15) is 23.1 Å². The zero-order valence-corrected chi connectivity index (χ0v) is 11.6. The molecule has 0 saturated carbocycles. The molecule has 1 N–H and O–H groups in total. The molecule has 2 aromatic rings. The Morgan fingerprint density at radius 2 is 2.05 bits per heavy atom. The highest BCUT2D eigenvalue weighted by Gasteiger charge is 2.34. The van der Waals surface area contributed by atoms with E-state index in [-0.39, 0.29) is 5.56 Å². The van der Waals surface area contributed by atoms with E-state index in [0.717, 1.165) is 12.1 Å². The van der Waals surface area contributed by atoms with E-state index in [0.29, 0.717) is 30.3 Å². The Kier molecular flexibility index (Phi) is 3.12. The first kappa shape index (κ1) is 14.4. The topological polar surface area (TPSA) is 58.4 Å². The summed E-state index contributed by atoms with van der Waals surface area (Å²) in [6.07, 6.45) is -4.44. The molecule has 0 radical (unpaired) electrons. The molecule has 1 aromatic carbocycles. The number of anilines is 2. The molecule has 0 atom stereocenters. The van der Waals surface area contributed by atoms with Crippen LogP contribution < -0.4 is 4.90 Å². The van der Waals surface area contributed by atoms with Crippen LogP contribution in [0.1, 0.15) is 21.6 Å². The van der Waals surface area contributed by atoms with Gasteiger partial charge < -0.3 is 10.0 Å². The maximum absolute atomic E-state index is 12.8. The summed E-state index contributed by atoms with van der Waals surface area (Å²) in [6.45, 7) is 2.38. The fourth-order valence-electron chi connectivity index (χ4n) is 2.65. The molecular formula is C14H12F3N3O2. The van der Waals surface area contributed by atoms with E-state index in [1.807, 2.05) is 0 Å². The predicted molar refractivity (Wildman–Crippen MR) is 72.4 cm³/mol. The Morgan fingerprint density at radius 3 is 2.68 bits per heavy atom. The zero-order chi connectivity index (χ0) is 16.1. The van der Waals surface area contributed by atoms with Crippen LogP contribution in [0.4, 0.5) is 24.7 Å². The number of hydrogen-bond donors (Lipinski definition) is 1. The maximum Gasteiger partial charge on any atom is 0.416 e. The summed E-state index contributed by atoms with van der Waals surface area (Å²) in [5, 5.41) is 13.4. The molecule has 1 aliphatic heterocycles. The molecule has 5 nitrogen and oxygen atoms in total. The van der Waals surface area contributed by atoms with Crippen molar-refractivity contribution in [1.82, 2.24) is 9.78 Å². The van der Waals surface area contributed by atoms with Gasteiger partial charge in [0.1, 0.15) is 11.4 Å². The lowest BCUT2D eigenvalue weighted by atomic mass is 10.1. The quantitative estimate of drug-likeness (QED) is 0.926. The highest BCUT2D eigenvalue weighted by Crippen LogP contribution is 2.37. The molecule has 0 unspecified atom stereocenters. The summed E-state index contributed by atoms with van der Waals surface area (Å²) in [7, 11) is 0. The fraction of sp³-hybridized carbons (Fsp3) is 0.286. The standard InChI is InChI=1S/C14H12F3N3O2/c1-8-11(13(21)22)12-19(5-6-20(12)18-8)10-4-2-3-9(7-10)14(15,16)17/h2-4,7H,5-6H2,1H3,(H,21,22). The highest BCUT2D eigenvalue weighted by molar-refractivity contribution is 5.96. The molecule has 0 bridgehead atoms. The summed E-state index contributed by atoms with van der Waals surface area (Å²) in [5.41, 5.74) is -0.0957. The van der Waals surface area contributed by atoms with E-state index in [1.54, 1.807) is 11.8 Å². The number of carboxylic acids is 1. The van der Waals surface area contributed by atoms with Gasteiger partial charge in [0.15, 0.2) is 0 Å². The Labute approximate surface area is 123 Å². The third-order valence-corrected chi connectivity index (χ3v) is 3.59. The SMILES string of the molecule is Cc1nn2c(c1C(=O)O)N(c1cccc(C(F)(F)F)c1)CC2. The minimum Gasteiger partial charge on any atom is -0.477 e. The lowest BCUT2D eigenvalue weighted by Gasteiger charge is -2.19. The molecule has 0 fully saturated rings. The van der Waals surface area contributed by atoms with Gasteiger partial charge in [0, 0.05) is 12.2 Å². The molecule has 1 aliphatic rings. The second-order valence-electron chi connectivity index (χ2n) is 5.01. The minimum atomic E-state index is -4.44. The summed E-state index contributed by atoms with van der Waals surface area (Å²) >= 11 is 0. The van der Waals surface area contributed by atoms with Crippen LogP contribution in [0, 0.1) is 6.92 Å². The van der Waals surface area contributed by atoms with Crippen molar-refractivity contribution >= 4 is 17.5 Å². The van der Waals surface area contributed by atoms with Gasteiger partial charge in [-0.25, -0.2) is 9.48 Å². The lowest BCUT2D eigenvalue weighted by Crippen LogP contribution is -2.17. The number of halogens is 3. The molecule has 8 heteroatoms. The number of aromatic nitrogens is 2. The van der Waals surface area contributed by atoms with Gasteiger partial charge in [-0.15, -0.1) is 0 Å². The van der Waals surface area contributed by atoms with Gasteiger partial charge in [-0.05, 0) is 25.1 Å². The molecule has 116 valence electrons. The number of hydrogen-bond acceptors (Lipinski definition) is 3. The lowest BCUT2D eigenvalue weighted by molar-refractivity contribution is -0.137. The number of rotatable bonds is 2. The van der Waals surface area contributed by atoms with Crippen molar-refractivity contribution in [2.45, 2.75) is 19.6 Å². The van der Waals surface area contributed by atoms with Crippen molar-refractivity contribution < 1.29 is 23.1 Å². The summed E-state index contributed by atoms with van der Waals surface area (Å²) in [4.78, 5) is 12.9. The van der Waals surface area contributed by atoms with Crippen molar-refractivity contribution in [3.05, 3.63) is 41.1 Å². The zero-order valence-electron chi connectivity index (χ0n) is 11.6. The van der Waals surface area contributed by atoms with Crippen molar-refractivity contribution in [2.24, 2.45) is 0 Å². The van der Waals surface area contributed by atoms with Crippen LogP contribution >= 0.6 is 0 Å². The van der Waals surface area contributed by atoms with Crippen LogP contribution in [0.15, 0.2) is 24.3 Å². The monoisotopic (exact) mass is 311 g/mol. The van der Waals surface area contributed by atoms with Gasteiger partial charge in [0.05, 0.1) is 17.8 Å². The van der Waals surface area contributed by atoms with Crippen molar-refractivity contribution in [1.29, 1.82) is 0 Å². The molecule has 0 amide bonds. The third-order valence-electron chi connectivity index (χ3n) is 3.59. The maximum atomic E-state index is 12.8. The van der Waals surface area contributed by atoms with Crippen molar-refractivity contribution in [3.63, 3.8) is 0 Å². The smallest absolute Gasteiger partial charge is 0.416 e. The van der Waals surface area contributed by atoms with Gasteiger partial charge in [0.25, 0.3) is 0 Å². The second kappa shape index (κ2) is 4.75. The average Bonchev–Trinajstić information content (AvgIpc) is 2.95. The number of aromatic carboxylic acids is 1. The Hall–Kier alpha value is -2.51. The van der Waals surface area contributed by atoms with E-state index in [4.69, 9.17) is 0 Å². The van der Waals surface area contributed by atoms with Gasteiger partial charge in [-0.2, -0.15) is 18.3 Å². The van der Waals surface area contributed by atoms with Gasteiger partial charge in [0.2, 0.25) is 0 Å². The normalized spacial score (nSPS) is 14.3. The number of aryl methyl sites for hydroxylation is 1. The molecule has 2 heterocycles. The second-order valence-corrected chi connectivity index (χ2v) is 5.01. The molecule has 0 saturated heterocycles. The Morgan fingerprint density at radius 1 is 1.32 bits per heavy atom. The molecular weight excluding hydrogens is 299 g/mol. The highest BCUT2D eigenvalue weighted by atomic mass is 19.4. The summed E-state index contributed by atoms with van der Waals surface area (Å²) in [6, 6.07) is 4.84. The van der Waals surface area contributed by atoms with Crippen LogP contribution in [-0.2, 0) is 12.7 Å². The van der Waals surface area contributed by atoms with E-state index in [2.05, 4.69) is 5.10 Å². The largest absolute Gasteiger partial charge is 0.477 e. The number of nitrogens with zero attached hydrogens (tertiary/aromatic N) is 3. The van der Waals surface area contributed by atoms with Crippen LogP contribution in [0.3, 0.4) is 0 Å². The number of benzene rings is 1. The molecule has 3 rings (SSSR count). The van der Waals surface area contributed by atoms with Crippen LogP contribution in [-0.4, -0.2) is 27.4 Å². The molecule has 0 spiro atoms. The first-order valence-corrected chi connectivity index (χ1v) is 6.54. The van der Waals surface area contributed by atoms with Crippen LogP contribution in [0.25, 0.3) is 0 Å². The van der Waals surface area contributed by atoms with Crippen LogP contribution in [0.2, 0.25) is 0 Å². The first-order chi connectivity index (χ1) is 10.3. The van der Waals surface area contributed by atoms with E-state index < -0.39 is 17.7 Å². The number of alkyl halides is 3. The Bertz CT molecular complexity index is 752. The van der Waals surface area contributed by atoms with E-state index in [1.165, 1.54) is 16.8 Å². The van der Waals surface area contributed by atoms with Gasteiger partial charge >= 0.3 is 12.1 Å². The number of carboxylic acid groups (broad SMARTS) is 1. The minimum absolute atomic E-state index is 0.0231. The molecule has 22 heavy (non-hydrogen) atoms. The van der Waals surface area contributed by atoms with Gasteiger partial charge in [-0.1, -0.05) is 6.07 Å². The van der Waals surface area contributed by atoms with Gasteiger partial charge in [-0.3, -0.25) is 0 Å². The average molecular weight is 311 g/mol. The summed E-state index contributed by atoms with van der Waals surface area (Å²) in [5.74, 6) is -0.818. The third kappa shape index (κ3) is 2.20. The fourth-order valence-corrected chi connectivity index (χ4v) is 2.65. The predicted octanol–water partition coefficient (Wildman–Crippen LogP) is 3.06. The number of carbonyl (C=O) groups is 1. The molecule has 1 aromatic heterocycles. The van der Waals surface area contributed by atoms with Crippen molar-refractivity contribution in [2.75, 3.05) is 11.4 Å². The van der Waals surface area contributed by atoms with Crippen LogP contribution in [0.5, 0.6) is 0 Å².